The van der Waals surface area contributed by atoms with Crippen LogP contribution in [-0.2, 0) is 6.42 Å². The molecule has 0 spiro atoms. The smallest absolute Gasteiger partial charge is 0.135 e. The lowest BCUT2D eigenvalue weighted by molar-refractivity contribution is 0.482. The van der Waals surface area contributed by atoms with Crippen molar-refractivity contribution >= 4 is 21.6 Å². The number of rotatable bonds is 1. The molecule has 1 heterocycles. The molecule has 0 aliphatic carbocycles. The summed E-state index contributed by atoms with van der Waals surface area (Å²) in [5, 5.41) is 18.7. The highest BCUT2D eigenvalue weighted by Crippen LogP contribution is 2.29. The Hall–Kier alpha value is -1.60. The molecular weight excluding hydrogens is 184 g/mol. The summed E-state index contributed by atoms with van der Waals surface area (Å²) in [6.45, 7) is 0. The van der Waals surface area contributed by atoms with Crippen LogP contribution >= 0.6 is 11.3 Å². The van der Waals surface area contributed by atoms with Crippen molar-refractivity contribution in [3.63, 3.8) is 0 Å². The molecule has 0 aliphatic heterocycles. The van der Waals surface area contributed by atoms with E-state index in [1.54, 1.807) is 12.1 Å². The van der Waals surface area contributed by atoms with Crippen LogP contribution in [0.5, 0.6) is 5.75 Å². The molecule has 2 rings (SSSR count). The van der Waals surface area contributed by atoms with Crippen molar-refractivity contribution in [1.82, 2.24) is 4.98 Å². The predicted octanol–water partition coefficient (Wildman–Crippen LogP) is 2.07. The van der Waals surface area contributed by atoms with E-state index >= 15 is 0 Å². The molecule has 1 aromatic carbocycles. The molecule has 0 unspecified atom stereocenters. The third-order valence-corrected chi connectivity index (χ3v) is 2.76. The quantitative estimate of drug-likeness (QED) is 0.748. The Morgan fingerprint density at radius 2 is 2.38 bits per heavy atom. The second-order valence-electron chi connectivity index (χ2n) is 2.57. The summed E-state index contributed by atoms with van der Waals surface area (Å²) in [6.07, 6.45) is 0.304. The Morgan fingerprint density at radius 1 is 1.54 bits per heavy atom. The minimum atomic E-state index is 0.235. The lowest BCUT2D eigenvalue weighted by atomic mass is 10.3. The molecule has 1 N–H and O–H groups in total. The van der Waals surface area contributed by atoms with Gasteiger partial charge in [0.1, 0.15) is 10.8 Å². The van der Waals surface area contributed by atoms with Crippen molar-refractivity contribution in [1.29, 1.82) is 5.26 Å². The van der Waals surface area contributed by atoms with Crippen LogP contribution in [0.25, 0.3) is 10.2 Å². The van der Waals surface area contributed by atoms with Crippen molar-refractivity contribution < 1.29 is 5.11 Å². The molecule has 0 bridgehead atoms. The van der Waals surface area contributed by atoms with Crippen molar-refractivity contribution in [2.75, 3.05) is 0 Å². The second kappa shape index (κ2) is 3.04. The van der Waals surface area contributed by atoms with Crippen molar-refractivity contribution in [2.45, 2.75) is 6.42 Å². The number of aromatic hydroxyl groups is 1. The first-order valence-corrected chi connectivity index (χ1v) is 4.57. The van der Waals surface area contributed by atoms with E-state index in [0.717, 1.165) is 15.2 Å². The van der Waals surface area contributed by atoms with Crippen molar-refractivity contribution in [3.8, 4) is 11.8 Å². The maximum atomic E-state index is 9.44. The molecule has 1 aromatic heterocycles. The summed E-state index contributed by atoms with van der Waals surface area (Å²) in [4.78, 5) is 4.20. The number of benzene rings is 1. The van der Waals surface area contributed by atoms with Gasteiger partial charge < -0.3 is 5.11 Å². The number of hydrogen-bond donors (Lipinski definition) is 1. The first kappa shape index (κ1) is 8.02. The van der Waals surface area contributed by atoms with Gasteiger partial charge in [0.25, 0.3) is 0 Å². The minimum absolute atomic E-state index is 0.235. The van der Waals surface area contributed by atoms with E-state index < -0.39 is 0 Å². The van der Waals surface area contributed by atoms with E-state index in [4.69, 9.17) is 5.26 Å². The van der Waals surface area contributed by atoms with E-state index in [0.29, 0.717) is 6.42 Å². The number of phenols is 1. The summed E-state index contributed by atoms with van der Waals surface area (Å²) < 4.78 is 0.757. The Labute approximate surface area is 78.9 Å². The van der Waals surface area contributed by atoms with Crippen LogP contribution in [0.2, 0.25) is 0 Å². The minimum Gasteiger partial charge on any atom is -0.506 e. The van der Waals surface area contributed by atoms with Gasteiger partial charge in [0.2, 0.25) is 0 Å². The van der Waals surface area contributed by atoms with Gasteiger partial charge in [0.05, 0.1) is 22.7 Å². The monoisotopic (exact) mass is 190 g/mol. The van der Waals surface area contributed by atoms with Crippen LogP contribution in [0, 0.1) is 11.3 Å². The fourth-order valence-electron chi connectivity index (χ4n) is 1.12. The average Bonchev–Trinajstić information content (AvgIpc) is 2.49. The second-order valence-corrected chi connectivity index (χ2v) is 3.65. The molecule has 0 aliphatic rings. The van der Waals surface area contributed by atoms with Gasteiger partial charge in [-0.05, 0) is 12.1 Å². The largest absolute Gasteiger partial charge is 0.506 e. The summed E-state index contributed by atoms with van der Waals surface area (Å²) in [5.74, 6) is 0.235. The molecule has 0 amide bonds. The van der Waals surface area contributed by atoms with E-state index in [2.05, 4.69) is 4.98 Å². The molecule has 4 heteroatoms. The van der Waals surface area contributed by atoms with Crippen LogP contribution in [0.15, 0.2) is 18.2 Å². The number of nitriles is 1. The third-order valence-electron chi connectivity index (χ3n) is 1.67. The van der Waals surface area contributed by atoms with E-state index in [1.807, 2.05) is 12.1 Å². The highest BCUT2D eigenvalue weighted by Gasteiger charge is 2.05. The number of phenolic OH excluding ortho intramolecular Hbond substituents is 1. The molecule has 0 radical (unpaired) electrons. The van der Waals surface area contributed by atoms with Gasteiger partial charge in [0.15, 0.2) is 0 Å². The maximum absolute atomic E-state index is 9.44. The number of hydrogen-bond acceptors (Lipinski definition) is 4. The van der Waals surface area contributed by atoms with Crippen LogP contribution in [0.3, 0.4) is 0 Å². The standard InChI is InChI=1S/C9H6N2OS/c10-5-4-8-11-6-2-1-3-7(12)9(6)13-8/h1-3,12H,4H2. The first-order valence-electron chi connectivity index (χ1n) is 3.75. The Balaban J connectivity index is 2.63. The summed E-state index contributed by atoms with van der Waals surface area (Å²) >= 11 is 1.36. The van der Waals surface area contributed by atoms with E-state index in [-0.39, 0.29) is 5.75 Å². The molecule has 64 valence electrons. The van der Waals surface area contributed by atoms with Crippen LogP contribution in [0.4, 0.5) is 0 Å². The van der Waals surface area contributed by atoms with Crippen LogP contribution in [0.1, 0.15) is 5.01 Å². The van der Waals surface area contributed by atoms with Gasteiger partial charge in [-0.1, -0.05) is 6.07 Å². The molecule has 0 atom stereocenters. The maximum Gasteiger partial charge on any atom is 0.135 e. The highest BCUT2D eigenvalue weighted by atomic mass is 32.1. The molecular formula is C9H6N2OS. The molecule has 3 nitrogen and oxygen atoms in total. The SMILES string of the molecule is N#CCc1nc2cccc(O)c2s1. The van der Waals surface area contributed by atoms with Crippen molar-refractivity contribution in [3.05, 3.63) is 23.2 Å². The molecule has 0 saturated heterocycles. The summed E-state index contributed by atoms with van der Waals surface area (Å²) in [7, 11) is 0. The Bertz CT molecular complexity index is 484. The fraction of sp³-hybridized carbons (Fsp3) is 0.111. The zero-order chi connectivity index (χ0) is 9.26. The molecule has 0 saturated carbocycles. The number of fused-ring (bicyclic) bond motifs is 1. The van der Waals surface area contributed by atoms with Crippen molar-refractivity contribution in [2.24, 2.45) is 0 Å². The van der Waals surface area contributed by atoms with Crippen LogP contribution < -0.4 is 0 Å². The van der Waals surface area contributed by atoms with Crippen LogP contribution in [-0.4, -0.2) is 10.1 Å². The van der Waals surface area contributed by atoms with Gasteiger partial charge in [-0.3, -0.25) is 0 Å². The van der Waals surface area contributed by atoms with Gasteiger partial charge in [-0.15, -0.1) is 11.3 Å². The summed E-state index contributed by atoms with van der Waals surface area (Å²) in [6, 6.07) is 7.22. The zero-order valence-electron chi connectivity index (χ0n) is 6.69. The first-order chi connectivity index (χ1) is 6.31. The fourth-order valence-corrected chi connectivity index (χ4v) is 2.03. The Kier molecular flexibility index (Phi) is 1.87. The van der Waals surface area contributed by atoms with E-state index in [1.165, 1.54) is 11.3 Å². The predicted molar refractivity (Wildman–Crippen MR) is 50.6 cm³/mol. The van der Waals surface area contributed by atoms with Gasteiger partial charge in [0, 0.05) is 0 Å². The molecule has 13 heavy (non-hydrogen) atoms. The molecule has 0 fully saturated rings. The zero-order valence-corrected chi connectivity index (χ0v) is 7.51. The topological polar surface area (TPSA) is 56.9 Å². The third kappa shape index (κ3) is 1.34. The highest BCUT2D eigenvalue weighted by molar-refractivity contribution is 7.19. The molecule has 2 aromatic rings. The van der Waals surface area contributed by atoms with E-state index in [9.17, 15) is 5.11 Å². The normalized spacial score (nSPS) is 10.1. The lowest BCUT2D eigenvalue weighted by Crippen LogP contribution is -1.75. The number of nitrogens with zero attached hydrogens (tertiary/aromatic N) is 2. The summed E-state index contributed by atoms with van der Waals surface area (Å²) in [5.41, 5.74) is 0.759. The lowest BCUT2D eigenvalue weighted by Gasteiger charge is -1.89. The number of thiazole rings is 1. The Morgan fingerprint density at radius 3 is 3.08 bits per heavy atom. The van der Waals surface area contributed by atoms with Gasteiger partial charge in [-0.2, -0.15) is 5.26 Å². The van der Waals surface area contributed by atoms with Gasteiger partial charge >= 0.3 is 0 Å². The number of aromatic nitrogens is 1. The average molecular weight is 190 g/mol. The van der Waals surface area contributed by atoms with Gasteiger partial charge in [-0.25, -0.2) is 4.98 Å².